The molecular formula is C27H23ClN2O5S. The topological polar surface area (TPSA) is 93.7 Å². The molecule has 4 rings (SSSR count). The van der Waals surface area contributed by atoms with E-state index < -0.39 is 15.9 Å². The first-order valence-electron chi connectivity index (χ1n) is 11.0. The van der Waals surface area contributed by atoms with Crippen molar-refractivity contribution in [1.82, 2.24) is 0 Å². The number of carbonyl (C=O) groups excluding carboxylic acids is 1. The number of rotatable bonds is 10. The standard InChI is InChI=1S/C27H23ClN2O5S/c28-25-17-24(36(32,33)30-22-9-5-2-6-10-22)15-16-26(25)35-19-27(31)29-21-11-13-23(14-12-21)34-18-20-7-3-1-4-8-20/h1-17,30H,18-19H2,(H,29,31). The van der Waals surface area contributed by atoms with Crippen LogP contribution in [0, 0.1) is 0 Å². The number of sulfonamides is 1. The zero-order valence-corrected chi connectivity index (χ0v) is 20.6. The predicted octanol–water partition coefficient (Wildman–Crippen LogP) is 5.74. The van der Waals surface area contributed by atoms with Gasteiger partial charge in [-0.3, -0.25) is 9.52 Å². The van der Waals surface area contributed by atoms with E-state index >= 15 is 0 Å². The van der Waals surface area contributed by atoms with Crippen LogP contribution in [0.1, 0.15) is 5.56 Å². The first-order chi connectivity index (χ1) is 17.4. The quantitative estimate of drug-likeness (QED) is 0.277. The lowest BCUT2D eigenvalue weighted by Crippen LogP contribution is -2.20. The summed E-state index contributed by atoms with van der Waals surface area (Å²) in [5, 5.41) is 2.80. The number of hydrogen-bond donors (Lipinski definition) is 2. The second kappa shape index (κ2) is 11.6. The van der Waals surface area contributed by atoms with Crippen LogP contribution in [0.2, 0.25) is 5.02 Å². The summed E-state index contributed by atoms with van der Waals surface area (Å²) in [7, 11) is -3.83. The van der Waals surface area contributed by atoms with Gasteiger partial charge in [0.1, 0.15) is 18.1 Å². The molecule has 0 radical (unpaired) electrons. The van der Waals surface area contributed by atoms with E-state index in [1.807, 2.05) is 30.3 Å². The van der Waals surface area contributed by atoms with Gasteiger partial charge in [0.05, 0.1) is 9.92 Å². The fourth-order valence-corrected chi connectivity index (χ4v) is 4.59. The molecule has 1 amide bonds. The van der Waals surface area contributed by atoms with Crippen LogP contribution < -0.4 is 19.5 Å². The molecule has 0 aliphatic carbocycles. The van der Waals surface area contributed by atoms with Crippen molar-refractivity contribution < 1.29 is 22.7 Å². The molecule has 0 aromatic heterocycles. The Bertz CT molecular complexity index is 1410. The van der Waals surface area contributed by atoms with Gasteiger partial charge < -0.3 is 14.8 Å². The van der Waals surface area contributed by atoms with Crippen molar-refractivity contribution in [1.29, 1.82) is 0 Å². The summed E-state index contributed by atoms with van der Waals surface area (Å²) in [4.78, 5) is 12.3. The average molecular weight is 523 g/mol. The maximum atomic E-state index is 12.6. The van der Waals surface area contributed by atoms with Gasteiger partial charge in [-0.1, -0.05) is 60.1 Å². The van der Waals surface area contributed by atoms with Crippen molar-refractivity contribution >= 4 is 38.9 Å². The predicted molar refractivity (Wildman–Crippen MR) is 140 cm³/mol. The first kappa shape index (κ1) is 25.1. The van der Waals surface area contributed by atoms with Crippen LogP contribution >= 0.6 is 11.6 Å². The molecular weight excluding hydrogens is 500 g/mol. The molecule has 2 N–H and O–H groups in total. The van der Waals surface area contributed by atoms with E-state index in [0.29, 0.717) is 23.7 Å². The second-order valence-corrected chi connectivity index (χ2v) is 9.79. The average Bonchev–Trinajstić information content (AvgIpc) is 2.88. The van der Waals surface area contributed by atoms with Crippen molar-refractivity contribution in [2.45, 2.75) is 11.5 Å². The van der Waals surface area contributed by atoms with Crippen LogP contribution in [0.5, 0.6) is 11.5 Å². The molecule has 0 spiro atoms. The third-order valence-corrected chi connectivity index (χ3v) is 6.66. The van der Waals surface area contributed by atoms with Gasteiger partial charge in [-0.15, -0.1) is 0 Å². The Morgan fingerprint density at radius 1 is 0.778 bits per heavy atom. The van der Waals surface area contributed by atoms with Crippen molar-refractivity contribution in [3.63, 3.8) is 0 Å². The van der Waals surface area contributed by atoms with Gasteiger partial charge in [0.2, 0.25) is 0 Å². The summed E-state index contributed by atoms with van der Waals surface area (Å²) in [5.41, 5.74) is 2.07. The summed E-state index contributed by atoms with van der Waals surface area (Å²) >= 11 is 6.21. The van der Waals surface area contributed by atoms with Crippen LogP contribution in [-0.4, -0.2) is 20.9 Å². The number of ether oxygens (including phenoxy) is 2. The molecule has 184 valence electrons. The summed E-state index contributed by atoms with van der Waals surface area (Å²) in [6.45, 7) is 0.143. The summed E-state index contributed by atoms with van der Waals surface area (Å²) in [6, 6.07) is 29.3. The van der Waals surface area contributed by atoms with Crippen molar-refractivity contribution in [3.8, 4) is 11.5 Å². The Morgan fingerprint density at radius 2 is 1.44 bits per heavy atom. The zero-order valence-electron chi connectivity index (χ0n) is 19.1. The summed E-state index contributed by atoms with van der Waals surface area (Å²) in [5.74, 6) is 0.471. The molecule has 9 heteroatoms. The van der Waals surface area contributed by atoms with E-state index in [9.17, 15) is 13.2 Å². The van der Waals surface area contributed by atoms with Crippen LogP contribution in [-0.2, 0) is 21.4 Å². The summed E-state index contributed by atoms with van der Waals surface area (Å²) in [6.07, 6.45) is 0. The van der Waals surface area contributed by atoms with Gasteiger partial charge >= 0.3 is 0 Å². The Hall–Kier alpha value is -4.01. The first-order valence-corrected chi connectivity index (χ1v) is 12.8. The molecule has 0 unspecified atom stereocenters. The highest BCUT2D eigenvalue weighted by Crippen LogP contribution is 2.28. The van der Waals surface area contributed by atoms with Crippen LogP contribution in [0.3, 0.4) is 0 Å². The van der Waals surface area contributed by atoms with E-state index in [1.54, 1.807) is 54.6 Å². The van der Waals surface area contributed by atoms with Gasteiger partial charge in [0, 0.05) is 11.4 Å². The lowest BCUT2D eigenvalue weighted by atomic mass is 10.2. The molecule has 4 aromatic rings. The number of para-hydroxylation sites is 1. The minimum atomic E-state index is -3.83. The van der Waals surface area contributed by atoms with Gasteiger partial charge in [-0.05, 0) is 60.2 Å². The van der Waals surface area contributed by atoms with Gasteiger partial charge in [-0.2, -0.15) is 0 Å². The number of amides is 1. The second-order valence-electron chi connectivity index (χ2n) is 7.70. The van der Waals surface area contributed by atoms with Crippen LogP contribution in [0.25, 0.3) is 0 Å². The molecule has 36 heavy (non-hydrogen) atoms. The van der Waals surface area contributed by atoms with E-state index in [-0.39, 0.29) is 22.3 Å². The normalized spacial score (nSPS) is 10.9. The highest BCUT2D eigenvalue weighted by atomic mass is 35.5. The molecule has 0 fully saturated rings. The fourth-order valence-electron chi connectivity index (χ4n) is 3.20. The number of benzene rings is 4. The smallest absolute Gasteiger partial charge is 0.262 e. The highest BCUT2D eigenvalue weighted by molar-refractivity contribution is 7.92. The van der Waals surface area contributed by atoms with E-state index in [0.717, 1.165) is 5.56 Å². The van der Waals surface area contributed by atoms with Crippen molar-refractivity contribution in [3.05, 3.63) is 114 Å². The van der Waals surface area contributed by atoms with Crippen molar-refractivity contribution in [2.75, 3.05) is 16.6 Å². The van der Waals surface area contributed by atoms with Gasteiger partial charge in [-0.25, -0.2) is 8.42 Å². The molecule has 0 bridgehead atoms. The largest absolute Gasteiger partial charge is 0.489 e. The molecule has 0 aliphatic heterocycles. The monoisotopic (exact) mass is 522 g/mol. The molecule has 0 saturated heterocycles. The Kier molecular flexibility index (Phi) is 8.10. The van der Waals surface area contributed by atoms with E-state index in [1.165, 1.54) is 18.2 Å². The number of anilines is 2. The maximum absolute atomic E-state index is 12.6. The third kappa shape index (κ3) is 7.00. The minimum Gasteiger partial charge on any atom is -0.489 e. The molecule has 0 saturated carbocycles. The molecule has 0 atom stereocenters. The van der Waals surface area contributed by atoms with Crippen molar-refractivity contribution in [2.24, 2.45) is 0 Å². The number of hydrogen-bond acceptors (Lipinski definition) is 5. The number of carbonyl (C=O) groups is 1. The maximum Gasteiger partial charge on any atom is 0.262 e. The Labute approximate surface area is 214 Å². The molecule has 0 aliphatic rings. The fraction of sp³-hybridized carbons (Fsp3) is 0.0741. The highest BCUT2D eigenvalue weighted by Gasteiger charge is 2.17. The van der Waals surface area contributed by atoms with Crippen LogP contribution in [0.15, 0.2) is 108 Å². The summed E-state index contributed by atoms with van der Waals surface area (Å²) < 4.78 is 38.9. The Morgan fingerprint density at radius 3 is 2.11 bits per heavy atom. The molecule has 4 aromatic carbocycles. The molecule has 7 nitrogen and oxygen atoms in total. The molecule has 0 heterocycles. The van der Waals surface area contributed by atoms with Crippen LogP contribution in [0.4, 0.5) is 11.4 Å². The van der Waals surface area contributed by atoms with E-state index in [4.69, 9.17) is 21.1 Å². The van der Waals surface area contributed by atoms with E-state index in [2.05, 4.69) is 10.0 Å². The SMILES string of the molecule is O=C(COc1ccc(S(=O)(=O)Nc2ccccc2)cc1Cl)Nc1ccc(OCc2ccccc2)cc1. The lowest BCUT2D eigenvalue weighted by Gasteiger charge is -2.12. The number of nitrogens with one attached hydrogen (secondary N) is 2. The lowest BCUT2D eigenvalue weighted by molar-refractivity contribution is -0.118. The van der Waals surface area contributed by atoms with Gasteiger partial charge in [0.25, 0.3) is 15.9 Å². The van der Waals surface area contributed by atoms with Gasteiger partial charge in [0.15, 0.2) is 6.61 Å². The third-order valence-electron chi connectivity index (χ3n) is 4.98. The zero-order chi connectivity index (χ0) is 25.4. The Balaban J connectivity index is 1.28. The minimum absolute atomic E-state index is 0.0253. The number of halogens is 1.